The van der Waals surface area contributed by atoms with E-state index in [4.69, 9.17) is 9.90 Å². The second-order valence-corrected chi connectivity index (χ2v) is 3.48. The maximum Gasteiger partial charge on any atom is 0.300 e. The maximum absolute atomic E-state index is 10.4. The van der Waals surface area contributed by atoms with Gasteiger partial charge < -0.3 is 15.3 Å². The van der Waals surface area contributed by atoms with E-state index < -0.39 is 5.97 Å². The molecule has 0 spiro atoms. The Morgan fingerprint density at radius 2 is 2.07 bits per heavy atom. The lowest BCUT2D eigenvalue weighted by molar-refractivity contribution is -0.134. The SMILES string of the molecule is CC(=O)O.CC1CN(C=O)C(C)CN1. The fraction of sp³-hybridized carbons (Fsp3) is 0.778. The van der Waals surface area contributed by atoms with Crippen molar-refractivity contribution in [1.82, 2.24) is 10.2 Å². The molecule has 1 amide bonds. The molecule has 0 aliphatic carbocycles. The van der Waals surface area contributed by atoms with Crippen LogP contribution in [0.1, 0.15) is 20.8 Å². The van der Waals surface area contributed by atoms with Crippen molar-refractivity contribution < 1.29 is 14.7 Å². The summed E-state index contributed by atoms with van der Waals surface area (Å²) in [5, 5.41) is 10.7. The van der Waals surface area contributed by atoms with E-state index in [0.29, 0.717) is 12.1 Å². The van der Waals surface area contributed by atoms with Crippen molar-refractivity contribution in [3.8, 4) is 0 Å². The van der Waals surface area contributed by atoms with E-state index in [1.807, 2.05) is 11.8 Å². The highest BCUT2D eigenvalue weighted by atomic mass is 16.4. The number of amides is 1. The smallest absolute Gasteiger partial charge is 0.300 e. The van der Waals surface area contributed by atoms with E-state index in [-0.39, 0.29) is 0 Å². The molecule has 14 heavy (non-hydrogen) atoms. The van der Waals surface area contributed by atoms with Crippen LogP contribution in [-0.2, 0) is 9.59 Å². The van der Waals surface area contributed by atoms with Crippen molar-refractivity contribution in [2.45, 2.75) is 32.9 Å². The van der Waals surface area contributed by atoms with Crippen molar-refractivity contribution in [2.24, 2.45) is 0 Å². The summed E-state index contributed by atoms with van der Waals surface area (Å²) >= 11 is 0. The fourth-order valence-corrected chi connectivity index (χ4v) is 1.20. The van der Waals surface area contributed by atoms with Gasteiger partial charge >= 0.3 is 0 Å². The van der Waals surface area contributed by atoms with Crippen LogP contribution >= 0.6 is 0 Å². The average molecular weight is 202 g/mol. The van der Waals surface area contributed by atoms with Crippen LogP contribution < -0.4 is 5.32 Å². The minimum Gasteiger partial charge on any atom is -0.481 e. The zero-order chi connectivity index (χ0) is 11.1. The van der Waals surface area contributed by atoms with Crippen LogP contribution in [0, 0.1) is 0 Å². The minimum atomic E-state index is -0.833. The van der Waals surface area contributed by atoms with Gasteiger partial charge in [-0.1, -0.05) is 0 Å². The van der Waals surface area contributed by atoms with E-state index in [0.717, 1.165) is 26.4 Å². The minimum absolute atomic E-state index is 0.355. The third-order valence-corrected chi connectivity index (χ3v) is 1.95. The van der Waals surface area contributed by atoms with E-state index in [1.165, 1.54) is 0 Å². The highest BCUT2D eigenvalue weighted by molar-refractivity contribution is 5.62. The third-order valence-electron chi connectivity index (χ3n) is 1.95. The summed E-state index contributed by atoms with van der Waals surface area (Å²) in [7, 11) is 0. The maximum atomic E-state index is 10.4. The van der Waals surface area contributed by atoms with E-state index in [1.54, 1.807) is 0 Å². The molecule has 0 saturated carbocycles. The molecule has 2 unspecified atom stereocenters. The van der Waals surface area contributed by atoms with Crippen LogP contribution in [0.3, 0.4) is 0 Å². The van der Waals surface area contributed by atoms with Crippen LogP contribution in [0.4, 0.5) is 0 Å². The lowest BCUT2D eigenvalue weighted by atomic mass is 10.2. The van der Waals surface area contributed by atoms with E-state index in [2.05, 4.69) is 12.2 Å². The summed E-state index contributed by atoms with van der Waals surface area (Å²) in [6.07, 6.45) is 0.933. The zero-order valence-electron chi connectivity index (χ0n) is 8.86. The molecule has 2 atom stereocenters. The zero-order valence-corrected chi connectivity index (χ0v) is 8.86. The highest BCUT2D eigenvalue weighted by Crippen LogP contribution is 2.02. The molecule has 1 saturated heterocycles. The summed E-state index contributed by atoms with van der Waals surface area (Å²) in [6, 6.07) is 0.801. The Labute approximate surface area is 84.1 Å². The monoisotopic (exact) mass is 202 g/mol. The predicted octanol–water partition coefficient (Wildman–Crippen LogP) is -0.0841. The summed E-state index contributed by atoms with van der Waals surface area (Å²) in [6.45, 7) is 6.97. The van der Waals surface area contributed by atoms with Crippen LogP contribution in [0.25, 0.3) is 0 Å². The number of hydrogen-bond donors (Lipinski definition) is 2. The molecule has 1 aliphatic heterocycles. The lowest BCUT2D eigenvalue weighted by Gasteiger charge is -2.34. The van der Waals surface area contributed by atoms with Gasteiger partial charge in [0.05, 0.1) is 0 Å². The molecule has 0 bridgehead atoms. The molecule has 1 rings (SSSR count). The molecule has 0 aromatic rings. The second-order valence-electron chi connectivity index (χ2n) is 3.48. The van der Waals surface area contributed by atoms with Gasteiger partial charge in [0.15, 0.2) is 0 Å². The standard InChI is InChI=1S/C7H14N2O.C2H4O2/c1-6-4-9(5-10)7(2)3-8-6;1-2(3)4/h5-8H,3-4H2,1-2H3;1H3,(H,3,4). The fourth-order valence-electron chi connectivity index (χ4n) is 1.20. The Morgan fingerprint density at radius 3 is 2.43 bits per heavy atom. The highest BCUT2D eigenvalue weighted by Gasteiger charge is 2.19. The summed E-state index contributed by atoms with van der Waals surface area (Å²) in [5.41, 5.74) is 0. The summed E-state index contributed by atoms with van der Waals surface area (Å²) < 4.78 is 0. The van der Waals surface area contributed by atoms with E-state index in [9.17, 15) is 4.79 Å². The number of rotatable bonds is 1. The first kappa shape index (κ1) is 12.9. The Morgan fingerprint density at radius 1 is 1.57 bits per heavy atom. The quantitative estimate of drug-likeness (QED) is 0.583. The van der Waals surface area contributed by atoms with Crippen molar-refractivity contribution in [2.75, 3.05) is 13.1 Å². The van der Waals surface area contributed by atoms with Crippen LogP contribution in [-0.4, -0.2) is 47.6 Å². The number of hydrogen-bond acceptors (Lipinski definition) is 3. The van der Waals surface area contributed by atoms with Gasteiger partial charge in [-0.25, -0.2) is 0 Å². The largest absolute Gasteiger partial charge is 0.481 e. The average Bonchev–Trinajstić information content (AvgIpc) is 2.08. The number of nitrogens with zero attached hydrogens (tertiary/aromatic N) is 1. The van der Waals surface area contributed by atoms with Gasteiger partial charge in [0, 0.05) is 32.1 Å². The van der Waals surface area contributed by atoms with Gasteiger partial charge in [-0.3, -0.25) is 9.59 Å². The molecule has 1 aliphatic rings. The second kappa shape index (κ2) is 6.37. The molecule has 5 heteroatoms. The Kier molecular flexibility index (Phi) is 5.87. The Bertz CT molecular complexity index is 192. The molecule has 0 radical (unpaired) electrons. The van der Waals surface area contributed by atoms with Crippen molar-refractivity contribution in [3.63, 3.8) is 0 Å². The van der Waals surface area contributed by atoms with Crippen molar-refractivity contribution >= 4 is 12.4 Å². The topological polar surface area (TPSA) is 69.6 Å². The van der Waals surface area contributed by atoms with Crippen LogP contribution in [0.15, 0.2) is 0 Å². The summed E-state index contributed by atoms with van der Waals surface area (Å²) in [5.74, 6) is -0.833. The van der Waals surface area contributed by atoms with Gasteiger partial charge in [0.25, 0.3) is 5.97 Å². The molecule has 0 aromatic carbocycles. The number of aliphatic carboxylic acids is 1. The van der Waals surface area contributed by atoms with Gasteiger partial charge in [0.2, 0.25) is 6.41 Å². The number of carboxylic acid groups (broad SMARTS) is 1. The molecule has 0 aromatic heterocycles. The molecule has 82 valence electrons. The van der Waals surface area contributed by atoms with Gasteiger partial charge in [-0.15, -0.1) is 0 Å². The normalized spacial score (nSPS) is 26.1. The summed E-state index contributed by atoms with van der Waals surface area (Å²) in [4.78, 5) is 21.2. The molecule has 1 heterocycles. The number of carbonyl (C=O) groups is 2. The van der Waals surface area contributed by atoms with E-state index >= 15 is 0 Å². The van der Waals surface area contributed by atoms with Gasteiger partial charge in [0.1, 0.15) is 0 Å². The third kappa shape index (κ3) is 5.53. The lowest BCUT2D eigenvalue weighted by Crippen LogP contribution is -2.53. The number of carboxylic acids is 1. The molecule has 2 N–H and O–H groups in total. The Hall–Kier alpha value is -1.10. The van der Waals surface area contributed by atoms with Gasteiger partial charge in [-0.2, -0.15) is 0 Å². The van der Waals surface area contributed by atoms with Gasteiger partial charge in [-0.05, 0) is 13.8 Å². The molecular formula is C9H18N2O3. The molecule has 5 nitrogen and oxygen atoms in total. The first-order valence-electron chi connectivity index (χ1n) is 4.61. The number of piperazine rings is 1. The van der Waals surface area contributed by atoms with Crippen molar-refractivity contribution in [3.05, 3.63) is 0 Å². The first-order valence-corrected chi connectivity index (χ1v) is 4.61. The predicted molar refractivity (Wildman–Crippen MR) is 53.0 cm³/mol. The molecule has 1 fully saturated rings. The number of nitrogens with one attached hydrogen (secondary N) is 1. The first-order chi connectivity index (χ1) is 6.47. The van der Waals surface area contributed by atoms with Crippen molar-refractivity contribution in [1.29, 1.82) is 0 Å². The van der Waals surface area contributed by atoms with Crippen LogP contribution in [0.5, 0.6) is 0 Å². The molecular weight excluding hydrogens is 184 g/mol. The Balaban J connectivity index is 0.000000364. The number of carbonyl (C=O) groups excluding carboxylic acids is 1. The van der Waals surface area contributed by atoms with Crippen LogP contribution in [0.2, 0.25) is 0 Å².